The fourth-order valence-corrected chi connectivity index (χ4v) is 1.87. The van der Waals surface area contributed by atoms with Crippen molar-refractivity contribution >= 4 is 17.1 Å². The van der Waals surface area contributed by atoms with Crippen LogP contribution in [-0.2, 0) is 0 Å². The Labute approximate surface area is 91.4 Å². The highest BCUT2D eigenvalue weighted by Gasteiger charge is 2.15. The number of thiazole rings is 1. The predicted octanol–water partition coefficient (Wildman–Crippen LogP) is 2.38. The van der Waals surface area contributed by atoms with Gasteiger partial charge in [-0.3, -0.25) is 4.79 Å². The molecule has 76 valence electrons. The molecular formula is C11H9NO2S. The molecule has 2 rings (SSSR count). The van der Waals surface area contributed by atoms with Crippen LogP contribution in [0.3, 0.4) is 0 Å². The molecule has 1 heterocycles. The molecule has 0 radical (unpaired) electrons. The van der Waals surface area contributed by atoms with E-state index in [-0.39, 0.29) is 5.78 Å². The van der Waals surface area contributed by atoms with Crippen LogP contribution in [-0.4, -0.2) is 17.9 Å². The van der Waals surface area contributed by atoms with Gasteiger partial charge in [-0.15, -0.1) is 11.3 Å². The Morgan fingerprint density at radius 2 is 2.20 bits per heavy atom. The first-order chi connectivity index (χ1) is 7.33. The standard InChI is InChI=1S/C11H9NO2S/c1-14-9-5-3-2-4-8(9)10(13)11-12-6-7-15-11/h2-7H,1H3. The number of hydrogen-bond donors (Lipinski definition) is 0. The van der Waals surface area contributed by atoms with Crippen LogP contribution in [0.5, 0.6) is 5.75 Å². The van der Waals surface area contributed by atoms with Crippen LogP contribution in [0.2, 0.25) is 0 Å². The first-order valence-corrected chi connectivity index (χ1v) is 5.28. The van der Waals surface area contributed by atoms with E-state index < -0.39 is 0 Å². The van der Waals surface area contributed by atoms with E-state index in [1.807, 2.05) is 12.1 Å². The SMILES string of the molecule is COc1ccccc1C(=O)c1nccs1. The Balaban J connectivity index is 2.42. The van der Waals surface area contributed by atoms with Gasteiger partial charge in [0.15, 0.2) is 5.01 Å². The number of aromatic nitrogens is 1. The molecule has 0 bridgehead atoms. The van der Waals surface area contributed by atoms with Crippen LogP contribution < -0.4 is 4.74 Å². The maximum atomic E-state index is 12.0. The van der Waals surface area contributed by atoms with Crippen LogP contribution in [0, 0.1) is 0 Å². The molecular weight excluding hydrogens is 210 g/mol. The van der Waals surface area contributed by atoms with Gasteiger partial charge in [0.05, 0.1) is 12.7 Å². The van der Waals surface area contributed by atoms with Gasteiger partial charge in [0, 0.05) is 11.6 Å². The van der Waals surface area contributed by atoms with Crippen molar-refractivity contribution in [3.63, 3.8) is 0 Å². The summed E-state index contributed by atoms with van der Waals surface area (Å²) in [6, 6.07) is 7.14. The normalized spacial score (nSPS) is 9.93. The van der Waals surface area contributed by atoms with Crippen molar-refractivity contribution in [1.29, 1.82) is 0 Å². The average Bonchev–Trinajstić information content (AvgIpc) is 2.81. The minimum atomic E-state index is -0.0950. The zero-order chi connectivity index (χ0) is 10.7. The number of hydrogen-bond acceptors (Lipinski definition) is 4. The van der Waals surface area contributed by atoms with Gasteiger partial charge < -0.3 is 4.74 Å². The second-order valence-corrected chi connectivity index (χ2v) is 3.76. The van der Waals surface area contributed by atoms with Gasteiger partial charge in [0.25, 0.3) is 0 Å². The molecule has 1 aromatic carbocycles. The zero-order valence-corrected chi connectivity index (χ0v) is 8.95. The number of rotatable bonds is 3. The first kappa shape index (κ1) is 9.86. The molecule has 0 N–H and O–H groups in total. The summed E-state index contributed by atoms with van der Waals surface area (Å²) in [5.41, 5.74) is 0.551. The van der Waals surface area contributed by atoms with Crippen LogP contribution in [0.4, 0.5) is 0 Å². The topological polar surface area (TPSA) is 39.2 Å². The maximum Gasteiger partial charge on any atom is 0.225 e. The van der Waals surface area contributed by atoms with E-state index in [1.165, 1.54) is 11.3 Å². The highest BCUT2D eigenvalue weighted by molar-refractivity contribution is 7.11. The van der Waals surface area contributed by atoms with Crippen molar-refractivity contribution in [1.82, 2.24) is 4.98 Å². The molecule has 15 heavy (non-hydrogen) atoms. The molecule has 3 nitrogen and oxygen atoms in total. The summed E-state index contributed by atoms with van der Waals surface area (Å²) < 4.78 is 5.12. The molecule has 0 unspecified atom stereocenters. The van der Waals surface area contributed by atoms with Gasteiger partial charge in [0.2, 0.25) is 5.78 Å². The van der Waals surface area contributed by atoms with Gasteiger partial charge in [-0.2, -0.15) is 0 Å². The molecule has 2 aromatic rings. The lowest BCUT2D eigenvalue weighted by Gasteiger charge is -2.04. The lowest BCUT2D eigenvalue weighted by Crippen LogP contribution is -2.02. The van der Waals surface area contributed by atoms with Crippen molar-refractivity contribution in [2.24, 2.45) is 0 Å². The Kier molecular flexibility index (Phi) is 2.78. The molecule has 0 saturated heterocycles. The monoisotopic (exact) mass is 219 g/mol. The van der Waals surface area contributed by atoms with Crippen molar-refractivity contribution in [3.05, 3.63) is 46.4 Å². The maximum absolute atomic E-state index is 12.0. The summed E-state index contributed by atoms with van der Waals surface area (Å²) >= 11 is 1.33. The predicted molar refractivity (Wildman–Crippen MR) is 58.5 cm³/mol. The zero-order valence-electron chi connectivity index (χ0n) is 8.14. The fourth-order valence-electron chi connectivity index (χ4n) is 1.28. The molecule has 0 atom stereocenters. The molecule has 0 aliphatic heterocycles. The number of ether oxygens (including phenoxy) is 1. The smallest absolute Gasteiger partial charge is 0.225 e. The summed E-state index contributed by atoms with van der Waals surface area (Å²) in [6.45, 7) is 0. The summed E-state index contributed by atoms with van der Waals surface area (Å²) in [7, 11) is 1.55. The van der Waals surface area contributed by atoms with Gasteiger partial charge in [-0.05, 0) is 12.1 Å². The molecule has 0 spiro atoms. The quantitative estimate of drug-likeness (QED) is 0.744. The van der Waals surface area contributed by atoms with E-state index in [4.69, 9.17) is 4.74 Å². The van der Waals surface area contributed by atoms with Crippen molar-refractivity contribution < 1.29 is 9.53 Å². The van der Waals surface area contributed by atoms with E-state index in [9.17, 15) is 4.79 Å². The number of para-hydroxylation sites is 1. The second-order valence-electron chi connectivity index (χ2n) is 2.87. The third-order valence-corrected chi connectivity index (χ3v) is 2.75. The van der Waals surface area contributed by atoms with Crippen molar-refractivity contribution in [2.45, 2.75) is 0 Å². The highest BCUT2D eigenvalue weighted by Crippen LogP contribution is 2.21. The summed E-state index contributed by atoms with van der Waals surface area (Å²) in [4.78, 5) is 15.9. The first-order valence-electron chi connectivity index (χ1n) is 4.40. The second kappa shape index (κ2) is 4.23. The number of methoxy groups -OCH3 is 1. The minimum absolute atomic E-state index is 0.0950. The Morgan fingerprint density at radius 1 is 1.40 bits per heavy atom. The largest absolute Gasteiger partial charge is 0.496 e. The van der Waals surface area contributed by atoms with Crippen LogP contribution in [0.1, 0.15) is 15.4 Å². The number of carbonyl (C=O) groups excluding carboxylic acids is 1. The molecule has 0 fully saturated rings. The molecule has 0 amide bonds. The summed E-state index contributed by atoms with van der Waals surface area (Å²) in [5, 5.41) is 2.27. The lowest BCUT2D eigenvalue weighted by molar-refractivity contribution is 0.103. The van der Waals surface area contributed by atoms with Gasteiger partial charge >= 0.3 is 0 Å². The van der Waals surface area contributed by atoms with Gasteiger partial charge in [-0.25, -0.2) is 4.98 Å². The van der Waals surface area contributed by atoms with Crippen LogP contribution in [0.25, 0.3) is 0 Å². The molecule has 0 aliphatic carbocycles. The van der Waals surface area contributed by atoms with E-state index in [1.54, 1.807) is 30.8 Å². The average molecular weight is 219 g/mol. The lowest BCUT2D eigenvalue weighted by atomic mass is 10.1. The van der Waals surface area contributed by atoms with E-state index in [0.29, 0.717) is 16.3 Å². The van der Waals surface area contributed by atoms with Crippen LogP contribution in [0.15, 0.2) is 35.8 Å². The summed E-state index contributed by atoms with van der Waals surface area (Å²) in [5.74, 6) is 0.486. The van der Waals surface area contributed by atoms with Gasteiger partial charge in [0.1, 0.15) is 5.75 Å². The molecule has 0 aliphatic rings. The molecule has 0 saturated carbocycles. The number of carbonyl (C=O) groups is 1. The van der Waals surface area contributed by atoms with E-state index in [0.717, 1.165) is 0 Å². The van der Waals surface area contributed by atoms with Crippen LogP contribution >= 0.6 is 11.3 Å². The van der Waals surface area contributed by atoms with Crippen molar-refractivity contribution in [2.75, 3.05) is 7.11 Å². The third kappa shape index (κ3) is 1.89. The summed E-state index contributed by atoms with van der Waals surface area (Å²) in [6.07, 6.45) is 1.62. The Bertz CT molecular complexity index is 465. The van der Waals surface area contributed by atoms with Crippen molar-refractivity contribution in [3.8, 4) is 5.75 Å². The third-order valence-electron chi connectivity index (χ3n) is 1.98. The highest BCUT2D eigenvalue weighted by atomic mass is 32.1. The minimum Gasteiger partial charge on any atom is -0.496 e. The fraction of sp³-hybridized carbons (Fsp3) is 0.0909. The Hall–Kier alpha value is -1.68. The molecule has 4 heteroatoms. The molecule has 1 aromatic heterocycles. The van der Waals surface area contributed by atoms with Gasteiger partial charge in [-0.1, -0.05) is 12.1 Å². The number of nitrogens with zero attached hydrogens (tertiary/aromatic N) is 1. The number of benzene rings is 1. The van der Waals surface area contributed by atoms with E-state index in [2.05, 4.69) is 4.98 Å². The Morgan fingerprint density at radius 3 is 2.87 bits per heavy atom. The van der Waals surface area contributed by atoms with E-state index >= 15 is 0 Å². The number of ketones is 1.